The highest BCUT2D eigenvalue weighted by atomic mass is 19.4. The molecule has 1 heterocycles. The molecule has 0 unspecified atom stereocenters. The van der Waals surface area contributed by atoms with Crippen LogP contribution < -0.4 is 10.6 Å². The van der Waals surface area contributed by atoms with Gasteiger partial charge in [-0.1, -0.05) is 24.6 Å². The van der Waals surface area contributed by atoms with Crippen molar-refractivity contribution in [1.29, 1.82) is 0 Å². The number of nitrogens with one attached hydrogen (secondary N) is 2. The maximum atomic E-state index is 13.2. The molecule has 1 aliphatic rings. The Bertz CT molecular complexity index is 1150. The van der Waals surface area contributed by atoms with Crippen LogP contribution in [0.15, 0.2) is 78.5 Å². The first kappa shape index (κ1) is 24.5. The number of amides is 1. The number of hydrogen-bond donors (Lipinski definition) is 2. The monoisotopic (exact) mass is 479 g/mol. The number of carbonyl (C=O) groups excluding carboxylic acids is 1. The summed E-state index contributed by atoms with van der Waals surface area (Å²) in [5.41, 5.74) is 4.12. The summed E-state index contributed by atoms with van der Waals surface area (Å²) in [4.78, 5) is 17.5. The highest BCUT2D eigenvalue weighted by Crippen LogP contribution is 2.35. The van der Waals surface area contributed by atoms with Gasteiger partial charge in [-0.15, -0.1) is 0 Å². The average molecular weight is 480 g/mol. The van der Waals surface area contributed by atoms with Gasteiger partial charge in [0.25, 0.3) is 5.91 Å². The van der Waals surface area contributed by atoms with Crippen molar-refractivity contribution in [2.45, 2.75) is 44.7 Å². The molecule has 0 spiro atoms. The fraction of sp³-hybridized carbons (Fsp3) is 0.286. The van der Waals surface area contributed by atoms with E-state index in [9.17, 15) is 18.0 Å². The Morgan fingerprint density at radius 2 is 1.57 bits per heavy atom. The number of carbonyl (C=O) groups is 1. The van der Waals surface area contributed by atoms with Gasteiger partial charge in [0.15, 0.2) is 0 Å². The van der Waals surface area contributed by atoms with Crippen molar-refractivity contribution in [2.24, 2.45) is 0 Å². The summed E-state index contributed by atoms with van der Waals surface area (Å²) < 4.78 is 38.9. The maximum absolute atomic E-state index is 13.2. The van der Waals surface area contributed by atoms with Gasteiger partial charge in [-0.2, -0.15) is 13.2 Å². The van der Waals surface area contributed by atoms with E-state index in [1.165, 1.54) is 12.1 Å². The molecule has 35 heavy (non-hydrogen) atoms. The lowest BCUT2D eigenvalue weighted by molar-refractivity contribution is -0.137. The number of benzene rings is 2. The Kier molecular flexibility index (Phi) is 7.85. The van der Waals surface area contributed by atoms with Crippen LogP contribution in [0.1, 0.15) is 48.9 Å². The zero-order valence-electron chi connectivity index (χ0n) is 19.4. The second-order valence-corrected chi connectivity index (χ2v) is 8.62. The quantitative estimate of drug-likeness (QED) is 0.380. The van der Waals surface area contributed by atoms with Gasteiger partial charge in [-0.25, -0.2) is 0 Å². The van der Waals surface area contributed by atoms with Gasteiger partial charge in [0, 0.05) is 41.8 Å². The number of nitrogens with zero attached hydrogens (tertiary/aromatic N) is 1. The van der Waals surface area contributed by atoms with Crippen LogP contribution in [0, 0.1) is 0 Å². The van der Waals surface area contributed by atoms with E-state index in [1.807, 2.05) is 42.5 Å². The van der Waals surface area contributed by atoms with Crippen LogP contribution in [0.5, 0.6) is 0 Å². The van der Waals surface area contributed by atoms with Gasteiger partial charge in [0.2, 0.25) is 0 Å². The van der Waals surface area contributed by atoms with E-state index >= 15 is 0 Å². The third-order valence-corrected chi connectivity index (χ3v) is 6.13. The number of hydrogen-bond acceptors (Lipinski definition) is 3. The van der Waals surface area contributed by atoms with Crippen LogP contribution in [-0.4, -0.2) is 17.4 Å². The minimum atomic E-state index is -4.38. The summed E-state index contributed by atoms with van der Waals surface area (Å²) in [7, 11) is 0. The van der Waals surface area contributed by atoms with Gasteiger partial charge in [-0.05, 0) is 85.4 Å². The van der Waals surface area contributed by atoms with Crippen LogP contribution in [0.4, 0.5) is 24.5 Å². The van der Waals surface area contributed by atoms with Crippen LogP contribution >= 0.6 is 0 Å². The average Bonchev–Trinajstić information content (AvgIpc) is 3.12. The van der Waals surface area contributed by atoms with E-state index < -0.39 is 11.7 Å². The minimum absolute atomic E-state index is 0.197. The molecule has 4 nitrogen and oxygen atoms in total. The van der Waals surface area contributed by atoms with Crippen molar-refractivity contribution in [3.8, 4) is 0 Å². The fourth-order valence-electron chi connectivity index (χ4n) is 4.27. The standard InChI is InChI=1S/C28H28F3N3O/c29-28(30,31)21-11-9-20(10-12-21)25-7-2-1-3-8-26(25)27(35)34-24-15-13-23(14-16-24)33-19-17-22-6-4-5-18-32-22/h4-6,9-16,18,33H,1-3,7-8,17,19H2,(H,34,35). The summed E-state index contributed by atoms with van der Waals surface area (Å²) in [5.74, 6) is -0.197. The lowest BCUT2D eigenvalue weighted by Gasteiger charge is -2.15. The third-order valence-electron chi connectivity index (χ3n) is 6.13. The van der Waals surface area contributed by atoms with Crippen molar-refractivity contribution in [2.75, 3.05) is 17.2 Å². The molecule has 0 aliphatic heterocycles. The first-order chi connectivity index (χ1) is 16.9. The second-order valence-electron chi connectivity index (χ2n) is 8.62. The Hall–Kier alpha value is -3.61. The van der Waals surface area contributed by atoms with E-state index in [4.69, 9.17) is 0 Å². The van der Waals surface area contributed by atoms with Crippen molar-refractivity contribution in [3.05, 3.63) is 95.3 Å². The predicted molar refractivity (Wildman–Crippen MR) is 133 cm³/mol. The molecular formula is C28H28F3N3O. The normalized spacial score (nSPS) is 14.4. The molecule has 182 valence electrons. The Balaban J connectivity index is 1.43. The smallest absolute Gasteiger partial charge is 0.385 e. The number of halogens is 3. The van der Waals surface area contributed by atoms with Crippen molar-refractivity contribution in [1.82, 2.24) is 4.98 Å². The van der Waals surface area contributed by atoms with Crippen LogP contribution in [-0.2, 0) is 17.4 Å². The van der Waals surface area contributed by atoms with Gasteiger partial charge < -0.3 is 10.6 Å². The second kappa shape index (κ2) is 11.2. The van der Waals surface area contributed by atoms with Crippen molar-refractivity contribution in [3.63, 3.8) is 0 Å². The highest BCUT2D eigenvalue weighted by molar-refractivity contribution is 6.09. The number of anilines is 2. The highest BCUT2D eigenvalue weighted by Gasteiger charge is 2.30. The summed E-state index contributed by atoms with van der Waals surface area (Å²) in [6, 6.07) is 18.5. The van der Waals surface area contributed by atoms with Gasteiger partial charge in [-0.3, -0.25) is 9.78 Å². The Labute approximate surface area is 203 Å². The van der Waals surface area contributed by atoms with E-state index in [0.29, 0.717) is 29.7 Å². The molecule has 0 saturated carbocycles. The van der Waals surface area contributed by atoms with Gasteiger partial charge in [0.05, 0.1) is 5.56 Å². The molecule has 2 aromatic carbocycles. The third kappa shape index (κ3) is 6.72. The summed E-state index contributed by atoms with van der Waals surface area (Å²) in [6.07, 6.45) is 2.26. The van der Waals surface area contributed by atoms with E-state index in [2.05, 4.69) is 15.6 Å². The molecule has 0 fully saturated rings. The molecule has 0 bridgehead atoms. The molecule has 0 atom stereocenters. The van der Waals surface area contributed by atoms with Crippen molar-refractivity contribution >= 4 is 22.9 Å². The summed E-state index contributed by atoms with van der Waals surface area (Å²) in [5, 5.41) is 6.32. The maximum Gasteiger partial charge on any atom is 0.416 e. The summed E-state index contributed by atoms with van der Waals surface area (Å²) in [6.45, 7) is 0.742. The molecule has 1 amide bonds. The Morgan fingerprint density at radius 3 is 2.26 bits per heavy atom. The molecule has 0 saturated heterocycles. The lowest BCUT2D eigenvalue weighted by atomic mass is 9.94. The van der Waals surface area contributed by atoms with Gasteiger partial charge >= 0.3 is 6.18 Å². The molecule has 3 aromatic rings. The zero-order valence-corrected chi connectivity index (χ0v) is 19.4. The fourth-order valence-corrected chi connectivity index (χ4v) is 4.27. The topological polar surface area (TPSA) is 54.0 Å². The number of rotatable bonds is 7. The predicted octanol–water partition coefficient (Wildman–Crippen LogP) is 7.11. The lowest BCUT2D eigenvalue weighted by Crippen LogP contribution is -2.16. The zero-order chi connectivity index (χ0) is 24.7. The number of aromatic nitrogens is 1. The van der Waals surface area contributed by atoms with E-state index in [-0.39, 0.29) is 5.91 Å². The summed E-state index contributed by atoms with van der Waals surface area (Å²) >= 11 is 0. The van der Waals surface area contributed by atoms with Gasteiger partial charge in [0.1, 0.15) is 0 Å². The number of pyridine rings is 1. The molecule has 7 heteroatoms. The number of allylic oxidation sites excluding steroid dienone is 1. The van der Waals surface area contributed by atoms with Crippen LogP contribution in [0.2, 0.25) is 0 Å². The molecule has 4 rings (SSSR count). The van der Waals surface area contributed by atoms with Crippen LogP contribution in [0.3, 0.4) is 0 Å². The van der Waals surface area contributed by atoms with Crippen molar-refractivity contribution < 1.29 is 18.0 Å². The number of alkyl halides is 3. The first-order valence-corrected chi connectivity index (χ1v) is 11.8. The molecule has 2 N–H and O–H groups in total. The molecular weight excluding hydrogens is 451 g/mol. The molecule has 0 radical (unpaired) electrons. The largest absolute Gasteiger partial charge is 0.416 e. The van der Waals surface area contributed by atoms with E-state index in [1.54, 1.807) is 6.20 Å². The molecule has 1 aliphatic carbocycles. The van der Waals surface area contributed by atoms with Crippen LogP contribution in [0.25, 0.3) is 5.57 Å². The Morgan fingerprint density at radius 1 is 0.857 bits per heavy atom. The molecule has 1 aromatic heterocycles. The van der Waals surface area contributed by atoms with E-state index in [0.717, 1.165) is 61.3 Å². The minimum Gasteiger partial charge on any atom is -0.385 e. The first-order valence-electron chi connectivity index (χ1n) is 11.8. The SMILES string of the molecule is O=C(Nc1ccc(NCCc2ccccn2)cc1)C1=C(c2ccc(C(F)(F)F)cc2)CCCCC1.